The molecule has 0 saturated heterocycles. The van der Waals surface area contributed by atoms with Crippen LogP contribution in [-0.2, 0) is 0 Å². The van der Waals surface area contributed by atoms with Gasteiger partial charge in [0, 0.05) is 34.4 Å². The topological polar surface area (TPSA) is 45.7 Å². The number of carbonyl (C=O) groups excluding carboxylic acids is 1. The molecule has 0 atom stereocenters. The van der Waals surface area contributed by atoms with Crippen LogP contribution in [0.4, 0.5) is 5.82 Å². The van der Waals surface area contributed by atoms with Gasteiger partial charge in [-0.25, -0.2) is 4.98 Å². The first kappa shape index (κ1) is 12.7. The lowest BCUT2D eigenvalue weighted by atomic mass is 10.2. The average Bonchev–Trinajstić information content (AvgIpc) is 3.11. The second-order valence-electron chi connectivity index (χ2n) is 4.92. The highest BCUT2D eigenvalue weighted by Gasteiger charge is 2.28. The summed E-state index contributed by atoms with van der Waals surface area (Å²) in [7, 11) is 7.21. The molecule has 0 aliphatic heterocycles. The molecule has 0 spiro atoms. The Morgan fingerprint density at radius 1 is 1.33 bits per heavy atom. The largest absolute Gasteiger partial charge is 0.489 e. The minimum Gasteiger partial charge on any atom is -0.489 e. The molecule has 1 saturated carbocycles. The van der Waals surface area contributed by atoms with Gasteiger partial charge in [-0.05, 0) is 18.9 Å². The molecule has 0 radical (unpaired) electrons. The van der Waals surface area contributed by atoms with Crippen molar-refractivity contribution >= 4 is 11.7 Å². The van der Waals surface area contributed by atoms with Crippen LogP contribution in [0.3, 0.4) is 0 Å². The molecule has 0 bridgehead atoms. The Bertz CT molecular complexity index is 454. The smallest absolute Gasteiger partial charge is 0.260 e. The highest BCUT2D eigenvalue weighted by atomic mass is 16.5. The number of amides is 1. The average molecular weight is 249 g/mol. The van der Waals surface area contributed by atoms with Gasteiger partial charge in [0.2, 0.25) is 0 Å². The van der Waals surface area contributed by atoms with Crippen molar-refractivity contribution in [2.24, 2.45) is 0 Å². The number of nitrogens with zero attached hydrogens (tertiary/aromatic N) is 3. The zero-order chi connectivity index (χ0) is 13.3. The molecule has 98 valence electrons. The first-order valence-electron chi connectivity index (χ1n) is 6.05. The van der Waals surface area contributed by atoms with E-state index in [1.807, 2.05) is 19.0 Å². The number of anilines is 1. The van der Waals surface area contributed by atoms with Gasteiger partial charge in [0.15, 0.2) is 0 Å². The first-order valence-corrected chi connectivity index (χ1v) is 6.05. The standard InChI is InChI=1S/C13H19N3O2/c1-15(2)12-11(13(17)16(3)4)10(7-8-14-12)18-9-5-6-9/h7-9H,5-6H2,1-4H3. The van der Waals surface area contributed by atoms with Crippen molar-refractivity contribution in [3.8, 4) is 5.75 Å². The van der Waals surface area contributed by atoms with Crippen LogP contribution >= 0.6 is 0 Å². The van der Waals surface area contributed by atoms with Gasteiger partial charge in [-0.15, -0.1) is 0 Å². The molecule has 1 aliphatic carbocycles. The second kappa shape index (κ2) is 4.84. The van der Waals surface area contributed by atoms with Crippen LogP contribution in [0.5, 0.6) is 5.75 Å². The van der Waals surface area contributed by atoms with Gasteiger partial charge in [0.1, 0.15) is 17.1 Å². The summed E-state index contributed by atoms with van der Waals surface area (Å²) >= 11 is 0. The highest BCUT2D eigenvalue weighted by molar-refractivity contribution is 6.01. The minimum atomic E-state index is -0.0811. The van der Waals surface area contributed by atoms with Crippen molar-refractivity contribution in [3.63, 3.8) is 0 Å². The van der Waals surface area contributed by atoms with E-state index < -0.39 is 0 Å². The summed E-state index contributed by atoms with van der Waals surface area (Å²) in [6.45, 7) is 0. The summed E-state index contributed by atoms with van der Waals surface area (Å²) in [4.78, 5) is 19.9. The zero-order valence-electron chi connectivity index (χ0n) is 11.3. The lowest BCUT2D eigenvalue weighted by Gasteiger charge is -2.20. The molecule has 5 nitrogen and oxygen atoms in total. The maximum atomic E-state index is 12.3. The van der Waals surface area contributed by atoms with Crippen LogP contribution in [0.1, 0.15) is 23.2 Å². The quantitative estimate of drug-likeness (QED) is 0.809. The van der Waals surface area contributed by atoms with E-state index in [9.17, 15) is 4.79 Å². The SMILES string of the molecule is CN(C)C(=O)c1c(OC2CC2)ccnc1N(C)C. The van der Waals surface area contributed by atoms with E-state index in [-0.39, 0.29) is 12.0 Å². The third-order valence-electron chi connectivity index (χ3n) is 2.75. The molecule has 18 heavy (non-hydrogen) atoms. The van der Waals surface area contributed by atoms with Gasteiger partial charge in [-0.2, -0.15) is 0 Å². The molecular formula is C13H19N3O2. The molecule has 0 unspecified atom stereocenters. The molecule has 2 rings (SSSR count). The van der Waals surface area contributed by atoms with Crippen LogP contribution in [0.2, 0.25) is 0 Å². The van der Waals surface area contributed by atoms with Gasteiger partial charge >= 0.3 is 0 Å². The molecule has 1 aromatic heterocycles. The molecule has 1 fully saturated rings. The Hall–Kier alpha value is -1.78. The van der Waals surface area contributed by atoms with Gasteiger partial charge in [0.05, 0.1) is 6.10 Å². The summed E-state index contributed by atoms with van der Waals surface area (Å²) < 4.78 is 5.80. The maximum Gasteiger partial charge on any atom is 0.260 e. The van der Waals surface area contributed by atoms with Crippen molar-refractivity contribution in [1.82, 2.24) is 9.88 Å². The maximum absolute atomic E-state index is 12.3. The lowest BCUT2D eigenvalue weighted by molar-refractivity contribution is 0.0823. The fourth-order valence-electron chi connectivity index (χ4n) is 1.66. The third-order valence-corrected chi connectivity index (χ3v) is 2.75. The van der Waals surface area contributed by atoms with Crippen LogP contribution < -0.4 is 9.64 Å². The Balaban J connectivity index is 2.43. The normalized spacial score (nSPS) is 14.2. The molecule has 5 heteroatoms. The number of rotatable bonds is 4. The molecule has 1 heterocycles. The Morgan fingerprint density at radius 3 is 2.50 bits per heavy atom. The predicted molar refractivity (Wildman–Crippen MR) is 70.2 cm³/mol. The summed E-state index contributed by atoms with van der Waals surface area (Å²) in [5, 5.41) is 0. The van der Waals surface area contributed by atoms with Crippen molar-refractivity contribution in [3.05, 3.63) is 17.8 Å². The summed E-state index contributed by atoms with van der Waals surface area (Å²) in [6, 6.07) is 1.77. The van der Waals surface area contributed by atoms with Gasteiger partial charge < -0.3 is 14.5 Å². The lowest BCUT2D eigenvalue weighted by Crippen LogP contribution is -2.26. The first-order chi connectivity index (χ1) is 8.50. The molecule has 1 aliphatic rings. The monoisotopic (exact) mass is 249 g/mol. The Labute approximate surface area is 107 Å². The number of hydrogen-bond donors (Lipinski definition) is 0. The van der Waals surface area contributed by atoms with E-state index in [4.69, 9.17) is 4.74 Å². The molecule has 0 N–H and O–H groups in total. The van der Waals surface area contributed by atoms with E-state index in [2.05, 4.69) is 4.98 Å². The summed E-state index contributed by atoms with van der Waals surface area (Å²) in [5.74, 6) is 1.20. The molecule has 1 amide bonds. The van der Waals surface area contributed by atoms with E-state index >= 15 is 0 Å². The summed E-state index contributed by atoms with van der Waals surface area (Å²) in [5.41, 5.74) is 0.541. The van der Waals surface area contributed by atoms with E-state index in [1.165, 1.54) is 0 Å². The number of ether oxygens (including phenoxy) is 1. The Morgan fingerprint density at radius 2 is 2.00 bits per heavy atom. The van der Waals surface area contributed by atoms with Crippen LogP contribution in [-0.4, -0.2) is 50.1 Å². The van der Waals surface area contributed by atoms with Crippen molar-refractivity contribution < 1.29 is 9.53 Å². The number of carbonyl (C=O) groups is 1. The van der Waals surface area contributed by atoms with E-state index in [1.54, 1.807) is 31.3 Å². The molecule has 1 aromatic rings. The fourth-order valence-corrected chi connectivity index (χ4v) is 1.66. The van der Waals surface area contributed by atoms with Crippen molar-refractivity contribution in [2.45, 2.75) is 18.9 Å². The zero-order valence-corrected chi connectivity index (χ0v) is 11.3. The minimum absolute atomic E-state index is 0.0811. The predicted octanol–water partition coefficient (Wildman–Crippen LogP) is 1.39. The summed E-state index contributed by atoms with van der Waals surface area (Å²) in [6.07, 6.45) is 4.07. The van der Waals surface area contributed by atoms with E-state index in [0.717, 1.165) is 12.8 Å². The fraction of sp³-hybridized carbons (Fsp3) is 0.538. The molecule has 0 aromatic carbocycles. The second-order valence-corrected chi connectivity index (χ2v) is 4.92. The van der Waals surface area contributed by atoms with Crippen molar-refractivity contribution in [2.75, 3.05) is 33.1 Å². The van der Waals surface area contributed by atoms with E-state index in [0.29, 0.717) is 17.1 Å². The van der Waals surface area contributed by atoms with Crippen molar-refractivity contribution in [1.29, 1.82) is 0 Å². The van der Waals surface area contributed by atoms with Gasteiger partial charge in [0.25, 0.3) is 5.91 Å². The number of hydrogen-bond acceptors (Lipinski definition) is 4. The van der Waals surface area contributed by atoms with Gasteiger partial charge in [-0.3, -0.25) is 4.79 Å². The Kier molecular flexibility index (Phi) is 3.41. The van der Waals surface area contributed by atoms with Crippen LogP contribution in [0, 0.1) is 0 Å². The van der Waals surface area contributed by atoms with Gasteiger partial charge in [-0.1, -0.05) is 0 Å². The van der Waals surface area contributed by atoms with Crippen LogP contribution in [0.15, 0.2) is 12.3 Å². The van der Waals surface area contributed by atoms with Crippen LogP contribution in [0.25, 0.3) is 0 Å². The third kappa shape index (κ3) is 2.55. The number of aromatic nitrogens is 1. The number of pyridine rings is 1. The molecular weight excluding hydrogens is 230 g/mol. The highest BCUT2D eigenvalue weighted by Crippen LogP contribution is 2.32.